The largest absolute Gasteiger partial charge is 0.381 e. The van der Waals surface area contributed by atoms with E-state index in [9.17, 15) is 4.79 Å². The predicted octanol–water partition coefficient (Wildman–Crippen LogP) is 2.63. The van der Waals surface area contributed by atoms with Gasteiger partial charge in [-0.3, -0.25) is 4.79 Å². The van der Waals surface area contributed by atoms with Gasteiger partial charge in [0.05, 0.1) is 0 Å². The highest BCUT2D eigenvalue weighted by Crippen LogP contribution is 2.19. The second kappa shape index (κ2) is 7.92. The highest BCUT2D eigenvalue weighted by molar-refractivity contribution is 9.10. The van der Waals surface area contributed by atoms with Crippen LogP contribution in [0.1, 0.15) is 23.2 Å². The number of ether oxygens (including phenoxy) is 1. The molecule has 1 heterocycles. The van der Waals surface area contributed by atoms with Gasteiger partial charge in [-0.05, 0) is 45.1 Å². The molecule has 0 unspecified atom stereocenters. The standard InChI is InChI=1S/C16H23BrN2O2/c1-18(2)8-9-19(15-6-10-21-11-7-15)16(20)13-4-3-5-14(17)12-13/h3-5,12,15H,6-11H2,1-2H3. The fraction of sp³-hybridized carbons (Fsp3) is 0.562. The summed E-state index contributed by atoms with van der Waals surface area (Å²) < 4.78 is 6.36. The molecule has 0 aromatic heterocycles. The fourth-order valence-electron chi connectivity index (χ4n) is 2.54. The van der Waals surface area contributed by atoms with Gasteiger partial charge in [-0.2, -0.15) is 0 Å². The summed E-state index contributed by atoms with van der Waals surface area (Å²) in [6, 6.07) is 7.91. The first kappa shape index (κ1) is 16.5. The first-order chi connectivity index (χ1) is 10.1. The van der Waals surface area contributed by atoms with Gasteiger partial charge in [0.15, 0.2) is 0 Å². The third-order valence-corrected chi connectivity index (χ3v) is 4.25. The van der Waals surface area contributed by atoms with Crippen LogP contribution in [0.2, 0.25) is 0 Å². The quantitative estimate of drug-likeness (QED) is 0.814. The van der Waals surface area contributed by atoms with Crippen LogP contribution in [0.15, 0.2) is 28.7 Å². The Bertz CT molecular complexity index is 473. The molecule has 4 nitrogen and oxygen atoms in total. The zero-order chi connectivity index (χ0) is 15.2. The second-order valence-corrected chi connectivity index (χ2v) is 6.57. The van der Waals surface area contributed by atoms with E-state index in [0.29, 0.717) is 0 Å². The molecular formula is C16H23BrN2O2. The molecule has 1 aromatic rings. The topological polar surface area (TPSA) is 32.8 Å². The SMILES string of the molecule is CN(C)CCN(C(=O)c1cccc(Br)c1)C1CCOCC1. The molecule has 0 bridgehead atoms. The van der Waals surface area contributed by atoms with Crippen molar-refractivity contribution in [1.82, 2.24) is 9.80 Å². The molecule has 1 amide bonds. The minimum atomic E-state index is 0.116. The molecule has 0 aliphatic carbocycles. The second-order valence-electron chi connectivity index (χ2n) is 5.66. The van der Waals surface area contributed by atoms with Crippen molar-refractivity contribution in [2.75, 3.05) is 40.4 Å². The van der Waals surface area contributed by atoms with E-state index in [4.69, 9.17) is 4.74 Å². The summed E-state index contributed by atoms with van der Waals surface area (Å²) in [5.41, 5.74) is 0.745. The summed E-state index contributed by atoms with van der Waals surface area (Å²) in [5, 5.41) is 0. The van der Waals surface area contributed by atoms with Crippen LogP contribution >= 0.6 is 15.9 Å². The van der Waals surface area contributed by atoms with Crippen LogP contribution in [0.4, 0.5) is 0 Å². The molecule has 0 spiro atoms. The van der Waals surface area contributed by atoms with Gasteiger partial charge in [-0.15, -0.1) is 0 Å². The molecule has 1 aromatic carbocycles. The minimum absolute atomic E-state index is 0.116. The van der Waals surface area contributed by atoms with Crippen molar-refractivity contribution in [1.29, 1.82) is 0 Å². The molecule has 1 saturated heterocycles. The van der Waals surface area contributed by atoms with Crippen LogP contribution in [0.5, 0.6) is 0 Å². The van der Waals surface area contributed by atoms with Gasteiger partial charge in [0.25, 0.3) is 5.91 Å². The predicted molar refractivity (Wildman–Crippen MR) is 87.6 cm³/mol. The van der Waals surface area contributed by atoms with Gasteiger partial charge in [0.1, 0.15) is 0 Å². The smallest absolute Gasteiger partial charge is 0.254 e. The van der Waals surface area contributed by atoms with Gasteiger partial charge in [0.2, 0.25) is 0 Å². The average molecular weight is 355 g/mol. The number of rotatable bonds is 5. The number of halogens is 1. The number of likely N-dealkylation sites (N-methyl/N-ethyl adjacent to an activating group) is 1. The maximum absolute atomic E-state index is 12.9. The molecule has 116 valence electrons. The Morgan fingerprint density at radius 1 is 1.29 bits per heavy atom. The van der Waals surface area contributed by atoms with Crippen LogP contribution in [0, 0.1) is 0 Å². The Morgan fingerprint density at radius 2 is 2.00 bits per heavy atom. The molecule has 21 heavy (non-hydrogen) atoms. The van der Waals surface area contributed by atoms with Crippen molar-refractivity contribution in [3.05, 3.63) is 34.3 Å². The number of carbonyl (C=O) groups is 1. The van der Waals surface area contributed by atoms with Crippen LogP contribution < -0.4 is 0 Å². The lowest BCUT2D eigenvalue weighted by Gasteiger charge is -2.35. The average Bonchev–Trinajstić information content (AvgIpc) is 2.48. The van der Waals surface area contributed by atoms with Crippen LogP contribution in [-0.4, -0.2) is 62.1 Å². The fourth-order valence-corrected chi connectivity index (χ4v) is 2.94. The van der Waals surface area contributed by atoms with Crippen LogP contribution in [0.3, 0.4) is 0 Å². The van der Waals surface area contributed by atoms with Gasteiger partial charge in [0, 0.05) is 42.4 Å². The summed E-state index contributed by atoms with van der Waals surface area (Å²) in [5.74, 6) is 0.116. The third kappa shape index (κ3) is 4.80. The Labute approximate surface area is 135 Å². The number of amides is 1. The molecule has 0 atom stereocenters. The normalized spacial score (nSPS) is 16.2. The van der Waals surface area contributed by atoms with E-state index in [0.717, 1.165) is 49.2 Å². The highest BCUT2D eigenvalue weighted by Gasteiger charge is 2.26. The lowest BCUT2D eigenvalue weighted by Crippen LogP contribution is -2.46. The van der Waals surface area contributed by atoms with Gasteiger partial charge < -0.3 is 14.5 Å². The van der Waals surface area contributed by atoms with Crippen molar-refractivity contribution >= 4 is 21.8 Å². The first-order valence-electron chi connectivity index (χ1n) is 7.37. The molecule has 0 N–H and O–H groups in total. The van der Waals surface area contributed by atoms with E-state index in [1.807, 2.05) is 43.3 Å². The van der Waals surface area contributed by atoms with Crippen molar-refractivity contribution < 1.29 is 9.53 Å². The van der Waals surface area contributed by atoms with Crippen LogP contribution in [-0.2, 0) is 4.74 Å². The Morgan fingerprint density at radius 3 is 2.62 bits per heavy atom. The maximum atomic E-state index is 12.9. The number of hydrogen-bond acceptors (Lipinski definition) is 3. The van der Waals surface area contributed by atoms with Gasteiger partial charge >= 0.3 is 0 Å². The molecule has 1 fully saturated rings. The van der Waals surface area contributed by atoms with E-state index in [2.05, 4.69) is 20.8 Å². The molecule has 1 aliphatic rings. The Balaban J connectivity index is 2.14. The molecule has 1 aliphatic heterocycles. The maximum Gasteiger partial charge on any atom is 0.254 e. The van der Waals surface area contributed by atoms with Gasteiger partial charge in [-0.25, -0.2) is 0 Å². The zero-order valence-electron chi connectivity index (χ0n) is 12.7. The molecule has 2 rings (SSSR count). The summed E-state index contributed by atoms with van der Waals surface area (Å²) in [7, 11) is 4.07. The van der Waals surface area contributed by atoms with Crippen molar-refractivity contribution in [2.45, 2.75) is 18.9 Å². The first-order valence-corrected chi connectivity index (χ1v) is 8.16. The lowest BCUT2D eigenvalue weighted by molar-refractivity contribution is 0.0276. The Kier molecular flexibility index (Phi) is 6.21. The third-order valence-electron chi connectivity index (χ3n) is 3.75. The van der Waals surface area contributed by atoms with E-state index in [1.54, 1.807) is 0 Å². The van der Waals surface area contributed by atoms with Crippen molar-refractivity contribution in [3.8, 4) is 0 Å². The monoisotopic (exact) mass is 354 g/mol. The van der Waals surface area contributed by atoms with Gasteiger partial charge in [-0.1, -0.05) is 22.0 Å². The summed E-state index contributed by atoms with van der Waals surface area (Å²) in [4.78, 5) is 17.0. The van der Waals surface area contributed by atoms with Crippen molar-refractivity contribution in [2.24, 2.45) is 0 Å². The number of hydrogen-bond donors (Lipinski definition) is 0. The molecule has 5 heteroatoms. The summed E-state index contributed by atoms with van der Waals surface area (Å²) in [6.45, 7) is 3.11. The number of carbonyl (C=O) groups excluding carboxylic acids is 1. The van der Waals surface area contributed by atoms with Crippen LogP contribution in [0.25, 0.3) is 0 Å². The summed E-state index contributed by atoms with van der Waals surface area (Å²) >= 11 is 3.44. The van der Waals surface area contributed by atoms with E-state index < -0.39 is 0 Å². The lowest BCUT2D eigenvalue weighted by atomic mass is 10.1. The van der Waals surface area contributed by atoms with E-state index >= 15 is 0 Å². The summed E-state index contributed by atoms with van der Waals surface area (Å²) in [6.07, 6.45) is 1.85. The van der Waals surface area contributed by atoms with E-state index in [1.165, 1.54) is 0 Å². The Hall–Kier alpha value is -0.910. The molecule has 0 radical (unpaired) electrons. The number of benzene rings is 1. The minimum Gasteiger partial charge on any atom is -0.381 e. The number of nitrogens with zero attached hydrogens (tertiary/aromatic N) is 2. The van der Waals surface area contributed by atoms with E-state index in [-0.39, 0.29) is 11.9 Å². The van der Waals surface area contributed by atoms with Crippen molar-refractivity contribution in [3.63, 3.8) is 0 Å². The molecular weight excluding hydrogens is 332 g/mol. The molecule has 0 saturated carbocycles. The highest BCUT2D eigenvalue weighted by atomic mass is 79.9. The zero-order valence-corrected chi connectivity index (χ0v) is 14.3.